The fraction of sp³-hybridized carbons (Fsp3) is 0.529. The van der Waals surface area contributed by atoms with E-state index in [9.17, 15) is 4.79 Å². The van der Waals surface area contributed by atoms with Gasteiger partial charge in [-0.15, -0.1) is 0 Å². The zero-order valence-electron chi connectivity index (χ0n) is 16.2. The van der Waals surface area contributed by atoms with Gasteiger partial charge in [0.05, 0.1) is 7.11 Å². The van der Waals surface area contributed by atoms with Crippen LogP contribution in [0.4, 0.5) is 5.95 Å². The van der Waals surface area contributed by atoms with E-state index < -0.39 is 0 Å². The molecule has 27 heavy (non-hydrogen) atoms. The van der Waals surface area contributed by atoms with Gasteiger partial charge in [-0.2, -0.15) is 0 Å². The van der Waals surface area contributed by atoms with Gasteiger partial charge in [0.15, 0.2) is 18.1 Å². The Morgan fingerprint density at radius 2 is 2.07 bits per heavy atom. The first-order valence-corrected chi connectivity index (χ1v) is 9.33. The molecule has 0 aliphatic rings. The predicted molar refractivity (Wildman–Crippen MR) is 105 cm³/mol. The average Bonchev–Trinajstić information content (AvgIpc) is 3.05. The van der Waals surface area contributed by atoms with Gasteiger partial charge >= 0.3 is 0 Å². The summed E-state index contributed by atoms with van der Waals surface area (Å²) in [6.45, 7) is 8.60. The van der Waals surface area contributed by atoms with Gasteiger partial charge in [-0.05, 0) is 50.3 Å². The first-order valence-electron chi connectivity index (χ1n) is 8.54. The van der Waals surface area contributed by atoms with Crippen LogP contribution in [0.2, 0.25) is 0 Å². The fourth-order valence-corrected chi connectivity index (χ4v) is 2.82. The summed E-state index contributed by atoms with van der Waals surface area (Å²) in [4.78, 5) is 12.1. The van der Waals surface area contributed by atoms with Crippen LogP contribution in [-0.4, -0.2) is 45.4 Å². The Kier molecular flexibility index (Phi) is 7.00. The second kappa shape index (κ2) is 9.03. The van der Waals surface area contributed by atoms with Gasteiger partial charge in [0.25, 0.3) is 5.91 Å². The molecule has 0 unspecified atom stereocenters. The number of halogens is 1. The molecule has 0 saturated carbocycles. The third kappa shape index (κ3) is 5.81. The Bertz CT molecular complexity index is 787. The van der Waals surface area contributed by atoms with E-state index in [0.717, 1.165) is 10.0 Å². The smallest absolute Gasteiger partial charge is 0.258 e. The largest absolute Gasteiger partial charge is 0.493 e. The van der Waals surface area contributed by atoms with Gasteiger partial charge in [-0.25, -0.2) is 4.68 Å². The van der Waals surface area contributed by atoms with Gasteiger partial charge in [0, 0.05) is 28.7 Å². The molecule has 0 radical (unpaired) electrons. The molecule has 2 aromatic rings. The molecule has 0 atom stereocenters. The maximum Gasteiger partial charge on any atom is 0.258 e. The monoisotopic (exact) mass is 440 g/mol. The van der Waals surface area contributed by atoms with Crippen molar-refractivity contribution in [3.8, 4) is 11.5 Å². The van der Waals surface area contributed by atoms with E-state index in [2.05, 4.69) is 42.1 Å². The normalized spacial score (nSPS) is 11.2. The molecule has 10 heteroatoms. The quantitative estimate of drug-likeness (QED) is 0.648. The molecule has 0 bridgehead atoms. The Labute approximate surface area is 166 Å². The highest BCUT2D eigenvalue weighted by atomic mass is 79.9. The van der Waals surface area contributed by atoms with Crippen molar-refractivity contribution in [2.24, 2.45) is 0 Å². The number of anilines is 1. The number of carbonyl (C=O) groups excluding carboxylic acids is 1. The lowest BCUT2D eigenvalue weighted by molar-refractivity contribution is -0.124. The van der Waals surface area contributed by atoms with Crippen molar-refractivity contribution in [2.75, 3.05) is 19.0 Å². The molecule has 148 valence electrons. The van der Waals surface area contributed by atoms with Crippen LogP contribution in [0.1, 0.15) is 33.3 Å². The fourth-order valence-electron chi connectivity index (χ4n) is 2.37. The second-order valence-electron chi connectivity index (χ2n) is 6.82. The minimum Gasteiger partial charge on any atom is -0.493 e. The van der Waals surface area contributed by atoms with Crippen molar-refractivity contribution < 1.29 is 14.3 Å². The van der Waals surface area contributed by atoms with Gasteiger partial charge in [0.1, 0.15) is 0 Å². The Balaban J connectivity index is 2.19. The van der Waals surface area contributed by atoms with E-state index in [4.69, 9.17) is 9.47 Å². The molecule has 1 amide bonds. The van der Waals surface area contributed by atoms with Crippen molar-refractivity contribution in [2.45, 2.75) is 46.3 Å². The first kappa shape index (κ1) is 20.9. The highest BCUT2D eigenvalue weighted by molar-refractivity contribution is 9.10. The molecule has 9 nitrogen and oxygen atoms in total. The number of hydrogen-bond acceptors (Lipinski definition) is 7. The van der Waals surface area contributed by atoms with Crippen LogP contribution in [-0.2, 0) is 17.9 Å². The van der Waals surface area contributed by atoms with Crippen molar-refractivity contribution in [1.82, 2.24) is 25.5 Å². The number of nitrogens with zero attached hydrogens (tertiary/aromatic N) is 4. The molecular weight excluding hydrogens is 416 g/mol. The molecule has 1 aromatic carbocycles. The highest BCUT2D eigenvalue weighted by Gasteiger charge is 2.19. The highest BCUT2D eigenvalue weighted by Crippen LogP contribution is 2.36. The summed E-state index contributed by atoms with van der Waals surface area (Å²) in [5, 5.41) is 17.6. The summed E-state index contributed by atoms with van der Waals surface area (Å²) < 4.78 is 13.7. The lowest BCUT2D eigenvalue weighted by Gasteiger charge is -2.21. The third-order valence-corrected chi connectivity index (χ3v) is 4.25. The number of hydrogen-bond donors (Lipinski definition) is 2. The molecule has 2 N–H and O–H groups in total. The van der Waals surface area contributed by atoms with Gasteiger partial charge in [-0.1, -0.05) is 21.0 Å². The lowest BCUT2D eigenvalue weighted by Crippen LogP contribution is -2.43. The van der Waals surface area contributed by atoms with Crippen LogP contribution in [0.3, 0.4) is 0 Å². The molecule has 0 aliphatic carbocycles. The van der Waals surface area contributed by atoms with E-state index in [1.54, 1.807) is 17.9 Å². The zero-order valence-corrected chi connectivity index (χ0v) is 17.8. The maximum absolute atomic E-state index is 12.1. The second-order valence-corrected chi connectivity index (χ2v) is 7.67. The minimum absolute atomic E-state index is 0.121. The van der Waals surface area contributed by atoms with E-state index in [-0.39, 0.29) is 18.1 Å². The number of amides is 1. The van der Waals surface area contributed by atoms with Gasteiger partial charge < -0.3 is 20.1 Å². The summed E-state index contributed by atoms with van der Waals surface area (Å²) in [5.74, 6) is 1.36. The zero-order chi connectivity index (χ0) is 20.0. The number of tetrazole rings is 1. The number of aryl methyl sites for hydroxylation is 1. The summed E-state index contributed by atoms with van der Waals surface area (Å²) >= 11 is 3.53. The van der Waals surface area contributed by atoms with Crippen LogP contribution in [0.25, 0.3) is 0 Å². The Hall–Kier alpha value is -2.36. The van der Waals surface area contributed by atoms with E-state index in [0.29, 0.717) is 30.5 Å². The number of ether oxygens (including phenoxy) is 2. The van der Waals surface area contributed by atoms with E-state index in [1.165, 1.54) is 0 Å². The number of rotatable bonds is 8. The molecule has 1 aromatic heterocycles. The van der Waals surface area contributed by atoms with Gasteiger partial charge in [0.2, 0.25) is 5.95 Å². The van der Waals surface area contributed by atoms with Crippen molar-refractivity contribution in [3.63, 3.8) is 0 Å². The number of methoxy groups -OCH3 is 1. The SMILES string of the molecule is CCn1nnnc1NCc1c(Br)ccc(OC)c1OCC(=O)NC(C)(C)C. The van der Waals surface area contributed by atoms with Gasteiger partial charge in [-0.3, -0.25) is 4.79 Å². The van der Waals surface area contributed by atoms with Crippen molar-refractivity contribution >= 4 is 27.8 Å². The molecule has 0 saturated heterocycles. The molecule has 0 fully saturated rings. The number of carbonyl (C=O) groups is 1. The van der Waals surface area contributed by atoms with E-state index >= 15 is 0 Å². The Morgan fingerprint density at radius 1 is 1.33 bits per heavy atom. The number of benzene rings is 1. The topological polar surface area (TPSA) is 103 Å². The summed E-state index contributed by atoms with van der Waals surface area (Å²) in [7, 11) is 1.56. The van der Waals surface area contributed by atoms with Crippen LogP contribution >= 0.6 is 15.9 Å². The van der Waals surface area contributed by atoms with Crippen LogP contribution < -0.4 is 20.1 Å². The van der Waals surface area contributed by atoms with Crippen molar-refractivity contribution in [1.29, 1.82) is 0 Å². The summed E-state index contributed by atoms with van der Waals surface area (Å²) in [6, 6.07) is 3.64. The molecule has 1 heterocycles. The molecular formula is C17H25BrN6O3. The summed E-state index contributed by atoms with van der Waals surface area (Å²) in [6.07, 6.45) is 0. The third-order valence-electron chi connectivity index (χ3n) is 3.50. The standard InChI is InChI=1S/C17H25BrN6O3/c1-6-24-16(21-22-23-24)19-9-11-12(18)7-8-13(26-5)15(11)27-10-14(25)20-17(2,3)4/h7-8H,6,9-10H2,1-5H3,(H,20,25)(H,19,21,23). The number of nitrogens with one attached hydrogen (secondary N) is 2. The average molecular weight is 441 g/mol. The van der Waals surface area contributed by atoms with Crippen LogP contribution in [0.15, 0.2) is 16.6 Å². The maximum atomic E-state index is 12.1. The first-order chi connectivity index (χ1) is 12.7. The minimum atomic E-state index is -0.330. The van der Waals surface area contributed by atoms with Crippen LogP contribution in [0.5, 0.6) is 11.5 Å². The van der Waals surface area contributed by atoms with Crippen LogP contribution in [0, 0.1) is 0 Å². The van der Waals surface area contributed by atoms with E-state index in [1.807, 2.05) is 33.8 Å². The summed E-state index contributed by atoms with van der Waals surface area (Å²) in [5.41, 5.74) is 0.465. The molecule has 2 rings (SSSR count). The molecule has 0 spiro atoms. The Morgan fingerprint density at radius 3 is 2.70 bits per heavy atom. The molecule has 0 aliphatic heterocycles. The lowest BCUT2D eigenvalue weighted by atomic mass is 10.1. The predicted octanol–water partition coefficient (Wildman–Crippen LogP) is 2.37. The van der Waals surface area contributed by atoms with Crippen molar-refractivity contribution in [3.05, 3.63) is 22.2 Å². The number of aromatic nitrogens is 4.